The molecule has 1 aromatic rings. The molecular formula is C13H16BrFN2O3. The molecule has 0 bridgehead atoms. The number of hydrogen-bond donors (Lipinski definition) is 2. The van der Waals surface area contributed by atoms with Gasteiger partial charge >= 0.3 is 0 Å². The number of aliphatic hydroxyl groups excluding tert-OH is 1. The molecule has 20 heavy (non-hydrogen) atoms. The number of aliphatic hydroxyl groups is 1. The fraction of sp³-hybridized carbons (Fsp3) is 0.538. The Balaban J connectivity index is 2.12. The Kier molecular flexibility index (Phi) is 4.93. The Bertz CT molecular complexity index is 513. The van der Waals surface area contributed by atoms with Crippen LogP contribution in [-0.2, 0) is 0 Å². The van der Waals surface area contributed by atoms with Crippen LogP contribution >= 0.6 is 15.9 Å². The van der Waals surface area contributed by atoms with Crippen molar-refractivity contribution in [3.05, 3.63) is 32.5 Å². The van der Waals surface area contributed by atoms with Crippen molar-refractivity contribution in [2.24, 2.45) is 11.8 Å². The van der Waals surface area contributed by atoms with Crippen LogP contribution in [0.25, 0.3) is 0 Å². The van der Waals surface area contributed by atoms with Crippen molar-refractivity contribution in [1.29, 1.82) is 0 Å². The number of nitrogens with zero attached hydrogens (tertiary/aromatic N) is 1. The first-order chi connectivity index (χ1) is 9.52. The van der Waals surface area contributed by atoms with E-state index >= 15 is 0 Å². The molecule has 0 heterocycles. The standard InChI is InChI=1S/C13H16BrFN2O3/c14-10-4-13(17(19)20)12(5-11(10)15)16-6-8-2-1-3-9(8)7-18/h4-5,8-9,16,18H,1-3,6-7H2. The summed E-state index contributed by atoms with van der Waals surface area (Å²) in [7, 11) is 0. The Morgan fingerprint density at radius 3 is 2.80 bits per heavy atom. The number of benzene rings is 1. The second kappa shape index (κ2) is 6.49. The highest BCUT2D eigenvalue weighted by Gasteiger charge is 2.27. The van der Waals surface area contributed by atoms with Gasteiger partial charge in [-0.3, -0.25) is 10.1 Å². The number of nitro groups is 1. The summed E-state index contributed by atoms with van der Waals surface area (Å²) in [5, 5.41) is 23.2. The molecule has 7 heteroatoms. The molecule has 2 atom stereocenters. The van der Waals surface area contributed by atoms with Crippen molar-refractivity contribution in [2.75, 3.05) is 18.5 Å². The summed E-state index contributed by atoms with van der Waals surface area (Å²) in [6, 6.07) is 2.29. The average molecular weight is 347 g/mol. The molecule has 1 aliphatic rings. The first kappa shape index (κ1) is 15.2. The molecule has 1 aliphatic carbocycles. The van der Waals surface area contributed by atoms with Crippen LogP contribution in [0, 0.1) is 27.8 Å². The Morgan fingerprint density at radius 2 is 2.15 bits per heavy atom. The Labute approximate surface area is 124 Å². The van der Waals surface area contributed by atoms with Gasteiger partial charge in [0.15, 0.2) is 0 Å². The number of nitro benzene ring substituents is 1. The lowest BCUT2D eigenvalue weighted by Gasteiger charge is -2.18. The normalized spacial score (nSPS) is 21.9. The maximum Gasteiger partial charge on any atom is 0.293 e. The van der Waals surface area contributed by atoms with Gasteiger partial charge in [0.1, 0.15) is 11.5 Å². The molecule has 0 radical (unpaired) electrons. The predicted octanol–water partition coefficient (Wildman–Crippen LogP) is 3.32. The molecule has 0 amide bonds. The van der Waals surface area contributed by atoms with Gasteiger partial charge in [-0.25, -0.2) is 4.39 Å². The second-order valence-corrected chi connectivity index (χ2v) is 5.91. The minimum Gasteiger partial charge on any atom is -0.396 e. The molecular weight excluding hydrogens is 331 g/mol. The largest absolute Gasteiger partial charge is 0.396 e. The molecule has 0 spiro atoms. The Morgan fingerprint density at radius 1 is 1.45 bits per heavy atom. The van der Waals surface area contributed by atoms with E-state index in [4.69, 9.17) is 0 Å². The molecule has 2 unspecified atom stereocenters. The van der Waals surface area contributed by atoms with Crippen LogP contribution < -0.4 is 5.32 Å². The third-order valence-corrected chi connectivity index (χ3v) is 4.45. The zero-order valence-electron chi connectivity index (χ0n) is 10.8. The summed E-state index contributed by atoms with van der Waals surface area (Å²) < 4.78 is 13.6. The molecule has 0 aliphatic heterocycles. The van der Waals surface area contributed by atoms with Gasteiger partial charge in [0.25, 0.3) is 5.69 Å². The summed E-state index contributed by atoms with van der Waals surface area (Å²) >= 11 is 2.95. The first-order valence-electron chi connectivity index (χ1n) is 6.51. The van der Waals surface area contributed by atoms with Crippen LogP contribution in [-0.4, -0.2) is 23.2 Å². The van der Waals surface area contributed by atoms with Crippen LogP contribution in [0.3, 0.4) is 0 Å². The first-order valence-corrected chi connectivity index (χ1v) is 7.30. The molecule has 110 valence electrons. The van der Waals surface area contributed by atoms with E-state index in [1.807, 2.05) is 0 Å². The van der Waals surface area contributed by atoms with E-state index in [-0.39, 0.29) is 34.3 Å². The molecule has 5 nitrogen and oxygen atoms in total. The van der Waals surface area contributed by atoms with Crippen LogP contribution in [0.4, 0.5) is 15.8 Å². The van der Waals surface area contributed by atoms with E-state index in [0.717, 1.165) is 31.4 Å². The van der Waals surface area contributed by atoms with Gasteiger partial charge in [0, 0.05) is 25.3 Å². The molecule has 1 saturated carbocycles. The third-order valence-electron chi connectivity index (χ3n) is 3.84. The monoisotopic (exact) mass is 346 g/mol. The average Bonchev–Trinajstić information content (AvgIpc) is 2.86. The van der Waals surface area contributed by atoms with Crippen molar-refractivity contribution >= 4 is 27.3 Å². The van der Waals surface area contributed by atoms with E-state index in [1.165, 1.54) is 0 Å². The van der Waals surface area contributed by atoms with E-state index < -0.39 is 10.7 Å². The van der Waals surface area contributed by atoms with Crippen molar-refractivity contribution in [3.63, 3.8) is 0 Å². The summed E-state index contributed by atoms with van der Waals surface area (Å²) in [4.78, 5) is 10.4. The van der Waals surface area contributed by atoms with Gasteiger partial charge in [-0.2, -0.15) is 0 Å². The highest BCUT2D eigenvalue weighted by atomic mass is 79.9. The lowest BCUT2D eigenvalue weighted by molar-refractivity contribution is -0.384. The predicted molar refractivity (Wildman–Crippen MR) is 77.2 cm³/mol. The number of halogens is 2. The van der Waals surface area contributed by atoms with E-state index in [1.54, 1.807) is 0 Å². The van der Waals surface area contributed by atoms with Crippen molar-refractivity contribution in [1.82, 2.24) is 0 Å². The van der Waals surface area contributed by atoms with Crippen LogP contribution in [0.2, 0.25) is 0 Å². The van der Waals surface area contributed by atoms with Crippen LogP contribution in [0.1, 0.15) is 19.3 Å². The van der Waals surface area contributed by atoms with Crippen molar-refractivity contribution in [2.45, 2.75) is 19.3 Å². The van der Waals surface area contributed by atoms with Gasteiger partial charge in [0.2, 0.25) is 0 Å². The number of hydrogen-bond acceptors (Lipinski definition) is 4. The fourth-order valence-corrected chi connectivity index (χ4v) is 3.02. The highest BCUT2D eigenvalue weighted by Crippen LogP contribution is 2.34. The molecule has 2 rings (SSSR count). The molecule has 2 N–H and O–H groups in total. The second-order valence-electron chi connectivity index (χ2n) is 5.06. The zero-order valence-corrected chi connectivity index (χ0v) is 12.4. The van der Waals surface area contributed by atoms with Crippen molar-refractivity contribution in [3.8, 4) is 0 Å². The number of anilines is 1. The molecule has 0 saturated heterocycles. The number of nitrogens with one attached hydrogen (secondary N) is 1. The maximum absolute atomic E-state index is 13.5. The molecule has 0 aromatic heterocycles. The summed E-state index contributed by atoms with van der Waals surface area (Å²) in [6.45, 7) is 0.635. The van der Waals surface area contributed by atoms with E-state index in [0.29, 0.717) is 6.54 Å². The fourth-order valence-electron chi connectivity index (χ4n) is 2.69. The molecule has 1 aromatic carbocycles. The summed E-state index contributed by atoms with van der Waals surface area (Å²) in [6.07, 6.45) is 3.00. The highest BCUT2D eigenvalue weighted by molar-refractivity contribution is 9.10. The maximum atomic E-state index is 13.5. The minimum atomic E-state index is -0.539. The SMILES string of the molecule is O=[N+]([O-])c1cc(Br)c(F)cc1NCC1CCCC1CO. The topological polar surface area (TPSA) is 75.4 Å². The van der Waals surface area contributed by atoms with Gasteiger partial charge in [0.05, 0.1) is 9.40 Å². The van der Waals surface area contributed by atoms with Crippen LogP contribution in [0.15, 0.2) is 16.6 Å². The van der Waals surface area contributed by atoms with Gasteiger partial charge in [-0.1, -0.05) is 6.42 Å². The van der Waals surface area contributed by atoms with Gasteiger partial charge in [-0.05, 0) is 40.6 Å². The van der Waals surface area contributed by atoms with Crippen molar-refractivity contribution < 1.29 is 14.4 Å². The van der Waals surface area contributed by atoms with E-state index in [2.05, 4.69) is 21.2 Å². The smallest absolute Gasteiger partial charge is 0.293 e. The number of rotatable bonds is 5. The lowest BCUT2D eigenvalue weighted by atomic mass is 9.97. The lowest BCUT2D eigenvalue weighted by Crippen LogP contribution is -2.21. The zero-order chi connectivity index (χ0) is 14.7. The summed E-state index contributed by atoms with van der Waals surface area (Å²) in [5.74, 6) is -0.0450. The summed E-state index contributed by atoms with van der Waals surface area (Å²) in [5.41, 5.74) is 0.0242. The van der Waals surface area contributed by atoms with Gasteiger partial charge in [-0.15, -0.1) is 0 Å². The third kappa shape index (κ3) is 3.27. The van der Waals surface area contributed by atoms with E-state index in [9.17, 15) is 19.6 Å². The molecule has 1 fully saturated rings. The minimum absolute atomic E-state index is 0.0730. The Hall–Kier alpha value is -1.21. The van der Waals surface area contributed by atoms with Gasteiger partial charge < -0.3 is 10.4 Å². The van der Waals surface area contributed by atoms with Crippen LogP contribution in [0.5, 0.6) is 0 Å². The quantitative estimate of drug-likeness (QED) is 0.633.